The second-order valence-electron chi connectivity index (χ2n) is 24.4. The van der Waals surface area contributed by atoms with Crippen molar-refractivity contribution in [3.63, 3.8) is 0 Å². The van der Waals surface area contributed by atoms with Crippen molar-refractivity contribution in [3.05, 3.63) is 35.4 Å². The summed E-state index contributed by atoms with van der Waals surface area (Å²) in [5.74, 6) is 7.57. The van der Waals surface area contributed by atoms with Crippen molar-refractivity contribution < 1.29 is 34.7 Å². The number of methoxy groups -OCH3 is 1. The molecule has 6 saturated carbocycles. The Labute approximate surface area is 380 Å². The van der Waals surface area contributed by atoms with E-state index < -0.39 is 44.9 Å². The van der Waals surface area contributed by atoms with Crippen molar-refractivity contribution in [2.45, 2.75) is 207 Å². The Balaban J connectivity index is 1.20. The number of rotatable bonds is 12. The average molecular weight is 869 g/mol. The summed E-state index contributed by atoms with van der Waals surface area (Å²) in [7, 11) is 1.74. The van der Waals surface area contributed by atoms with Gasteiger partial charge in [0.1, 0.15) is 0 Å². The Morgan fingerprint density at radius 2 is 1.52 bits per heavy atom. The van der Waals surface area contributed by atoms with Gasteiger partial charge in [-0.15, -0.1) is 5.92 Å². The zero-order valence-electron chi connectivity index (χ0n) is 40.2. The van der Waals surface area contributed by atoms with E-state index in [1.165, 1.54) is 50.5 Å². The summed E-state index contributed by atoms with van der Waals surface area (Å²) in [6.07, 6.45) is 22.1. The summed E-state index contributed by atoms with van der Waals surface area (Å²) in [5.41, 5.74) is -1.54. The van der Waals surface area contributed by atoms with Crippen LogP contribution in [0.1, 0.15) is 187 Å². The number of fused-ring (bicyclic) bond motifs is 3. The smallest absolute Gasteiger partial charge is 0.309 e. The topological polar surface area (TPSA) is 116 Å². The van der Waals surface area contributed by atoms with Gasteiger partial charge in [0.05, 0.1) is 30.8 Å². The molecule has 14 atom stereocenters. The highest BCUT2D eigenvalue weighted by Crippen LogP contribution is 2.88. The summed E-state index contributed by atoms with van der Waals surface area (Å²) in [6, 6.07) is 8.78. The second kappa shape index (κ2) is 16.4. The number of aliphatic hydroxyl groups is 3. The van der Waals surface area contributed by atoms with Crippen LogP contribution in [0, 0.1) is 78.8 Å². The minimum absolute atomic E-state index is 0.0591. The van der Waals surface area contributed by atoms with E-state index in [1.54, 1.807) is 7.11 Å². The van der Waals surface area contributed by atoms with Crippen molar-refractivity contribution in [1.82, 2.24) is 0 Å². The third-order valence-electron chi connectivity index (χ3n) is 22.3. The van der Waals surface area contributed by atoms with Crippen LogP contribution in [-0.2, 0) is 27.1 Å². The first-order chi connectivity index (χ1) is 30.0. The maximum Gasteiger partial charge on any atom is 0.309 e. The highest BCUT2D eigenvalue weighted by molar-refractivity contribution is 5.74. The molecule has 1 heterocycles. The number of carboxylic acid groups (broad SMARTS) is 1. The van der Waals surface area contributed by atoms with E-state index >= 15 is 0 Å². The minimum Gasteiger partial charge on any atom is -0.481 e. The van der Waals surface area contributed by atoms with Crippen LogP contribution >= 0.6 is 0 Å². The first-order valence-corrected chi connectivity index (χ1v) is 26.0. The van der Waals surface area contributed by atoms with Crippen LogP contribution in [0.5, 0.6) is 0 Å². The monoisotopic (exact) mass is 869 g/mol. The SMILES string of the molecule is CCC[C@H]1[C@@]23CC[C@@]45C#CC[C@H](CCC6CCCCC6)CC[C@@]6(CC[C@@]4(C)[C@]2(CO)[C@H](O)C[C@]1(O)O[C@H]3Cc1ccc(CCOC)cc1)[C@@H]1C[C@](C)(C(=O)O)CC[C@@]1(C)CC[C@@]65C. The first-order valence-electron chi connectivity index (χ1n) is 26.0. The molecule has 0 amide bonds. The number of carboxylic acids is 1. The van der Waals surface area contributed by atoms with Gasteiger partial charge in [-0.05, 0) is 154 Å². The molecule has 9 rings (SSSR count). The van der Waals surface area contributed by atoms with Crippen molar-refractivity contribution in [3.8, 4) is 11.8 Å². The molecule has 0 radical (unpaired) electrons. The zero-order chi connectivity index (χ0) is 44.7. The molecule has 1 aromatic rings. The Bertz CT molecular complexity index is 1910. The number of ether oxygens (including phenoxy) is 2. The van der Waals surface area contributed by atoms with Gasteiger partial charge in [0.15, 0.2) is 5.79 Å². The molecular weight excluding hydrogens is 785 g/mol. The van der Waals surface area contributed by atoms with E-state index in [4.69, 9.17) is 9.47 Å². The van der Waals surface area contributed by atoms with Gasteiger partial charge in [0.2, 0.25) is 0 Å². The van der Waals surface area contributed by atoms with E-state index in [9.17, 15) is 25.2 Å². The maximum atomic E-state index is 13.3. The molecule has 63 heavy (non-hydrogen) atoms. The first kappa shape index (κ1) is 46.2. The van der Waals surface area contributed by atoms with E-state index in [1.807, 2.05) is 6.92 Å². The van der Waals surface area contributed by atoms with Crippen molar-refractivity contribution >= 4 is 5.97 Å². The van der Waals surface area contributed by atoms with Gasteiger partial charge in [-0.3, -0.25) is 4.79 Å². The quantitative estimate of drug-likeness (QED) is 0.155. The Hall–Kier alpha value is -1.95. The van der Waals surface area contributed by atoms with Gasteiger partial charge in [-0.25, -0.2) is 0 Å². The third-order valence-corrected chi connectivity index (χ3v) is 22.3. The Morgan fingerprint density at radius 3 is 2.22 bits per heavy atom. The number of aliphatic carboxylic acids is 1. The average Bonchev–Trinajstić information content (AvgIpc) is 3.45. The highest BCUT2D eigenvalue weighted by Gasteiger charge is 2.87. The maximum absolute atomic E-state index is 13.3. The molecule has 4 N–H and O–H groups in total. The lowest BCUT2D eigenvalue weighted by molar-refractivity contribution is -0.357. The molecule has 0 aromatic heterocycles. The normalized spacial score (nSPS) is 47.9. The third kappa shape index (κ3) is 6.38. The lowest BCUT2D eigenvalue weighted by Crippen LogP contribution is -2.80. The van der Waals surface area contributed by atoms with Crippen molar-refractivity contribution in [2.75, 3.05) is 20.3 Å². The van der Waals surface area contributed by atoms with Crippen LogP contribution in [0.4, 0.5) is 0 Å². The summed E-state index contributed by atoms with van der Waals surface area (Å²) in [4.78, 5) is 13.3. The van der Waals surface area contributed by atoms with E-state index in [0.717, 1.165) is 101 Å². The summed E-state index contributed by atoms with van der Waals surface area (Å²) in [5, 5.41) is 49.6. The molecule has 7 nitrogen and oxygen atoms in total. The van der Waals surface area contributed by atoms with Gasteiger partial charge in [0, 0.05) is 42.1 Å². The van der Waals surface area contributed by atoms with Crippen LogP contribution in [0.15, 0.2) is 24.3 Å². The molecule has 1 saturated heterocycles. The summed E-state index contributed by atoms with van der Waals surface area (Å²) < 4.78 is 12.5. The molecule has 7 aliphatic carbocycles. The predicted molar refractivity (Wildman–Crippen MR) is 247 cm³/mol. The van der Waals surface area contributed by atoms with Gasteiger partial charge in [-0.1, -0.05) is 103 Å². The molecule has 2 spiro atoms. The van der Waals surface area contributed by atoms with E-state index in [2.05, 4.69) is 63.8 Å². The number of hydrogen-bond acceptors (Lipinski definition) is 6. The van der Waals surface area contributed by atoms with Crippen LogP contribution in [0.2, 0.25) is 0 Å². The number of aliphatic hydroxyl groups excluding tert-OH is 2. The minimum atomic E-state index is -1.48. The van der Waals surface area contributed by atoms with Gasteiger partial charge in [-0.2, -0.15) is 0 Å². The second-order valence-corrected chi connectivity index (χ2v) is 24.4. The van der Waals surface area contributed by atoms with E-state index in [0.29, 0.717) is 25.4 Å². The molecule has 7 heteroatoms. The number of hydrogen-bond donors (Lipinski definition) is 4. The van der Waals surface area contributed by atoms with Crippen LogP contribution in [0.25, 0.3) is 0 Å². The zero-order valence-corrected chi connectivity index (χ0v) is 40.2. The fraction of sp³-hybridized carbons (Fsp3) is 0.839. The number of carbonyl (C=O) groups is 1. The fourth-order valence-corrected chi connectivity index (χ4v) is 18.8. The van der Waals surface area contributed by atoms with Crippen LogP contribution < -0.4 is 0 Å². The molecule has 1 aromatic carbocycles. The standard InChI is InChI=1S/C56H84O7/c1-7-12-43-54-33-32-53-24-11-15-40(17-16-39-13-9-8-10-14-39)22-25-52(44-36-49(3,47(59)60)27-26-48(44,2)28-29-50(52,53)4)31-30-51(53,5)55(54,38-57)45(58)37-56(43,61)63-46(54)35-42-20-18-41(19-21-42)23-34-62-6/h18-21,39-40,43-46,57-58,61H,7-10,12-17,22-23,25-38H2,1-6H3,(H,59,60)/t40-,43+,44-,45-,46+,48+,49-,50+,51-,52-,53-,54-,55+,56+/m1/s1. The Kier molecular flexibility index (Phi) is 12.0. The van der Waals surface area contributed by atoms with Crippen molar-refractivity contribution in [1.29, 1.82) is 0 Å². The number of benzene rings is 1. The summed E-state index contributed by atoms with van der Waals surface area (Å²) >= 11 is 0. The summed E-state index contributed by atoms with van der Waals surface area (Å²) in [6.45, 7) is 12.3. The van der Waals surface area contributed by atoms with Crippen LogP contribution in [0.3, 0.4) is 0 Å². The largest absolute Gasteiger partial charge is 0.481 e. The molecule has 350 valence electrons. The molecule has 0 unspecified atom stereocenters. The van der Waals surface area contributed by atoms with Gasteiger partial charge in [0.25, 0.3) is 0 Å². The highest BCUT2D eigenvalue weighted by atomic mass is 16.6. The van der Waals surface area contributed by atoms with Crippen LogP contribution in [-0.4, -0.2) is 64.7 Å². The lowest BCUT2D eigenvalue weighted by atomic mass is 9.21. The molecular formula is C56H84O7. The van der Waals surface area contributed by atoms with Gasteiger partial charge < -0.3 is 29.9 Å². The predicted octanol–water partition coefficient (Wildman–Crippen LogP) is 11.1. The molecule has 8 aliphatic rings. The fourth-order valence-electron chi connectivity index (χ4n) is 18.8. The van der Waals surface area contributed by atoms with E-state index in [-0.39, 0.29) is 47.2 Å². The van der Waals surface area contributed by atoms with Gasteiger partial charge >= 0.3 is 5.97 Å². The lowest BCUT2D eigenvalue weighted by Gasteiger charge is -2.81. The molecule has 1 aliphatic heterocycles. The van der Waals surface area contributed by atoms with Crippen molar-refractivity contribution in [2.24, 2.45) is 67.0 Å². The molecule has 4 bridgehead atoms. The molecule has 7 fully saturated rings. The Morgan fingerprint density at radius 1 is 0.825 bits per heavy atom.